The quantitative estimate of drug-likeness (QED) is 0.408. The first-order chi connectivity index (χ1) is 17.3. The number of anilines is 2. The van der Waals surface area contributed by atoms with E-state index in [0.717, 1.165) is 18.5 Å². The number of hydrogen-bond acceptors (Lipinski definition) is 8. The molecule has 4 saturated heterocycles. The van der Waals surface area contributed by atoms with Crippen LogP contribution in [0.4, 0.5) is 17.1 Å². The van der Waals surface area contributed by atoms with Gasteiger partial charge in [-0.3, -0.25) is 24.7 Å². The van der Waals surface area contributed by atoms with E-state index >= 15 is 0 Å². The zero-order chi connectivity index (χ0) is 25.4. The van der Waals surface area contributed by atoms with E-state index in [1.54, 1.807) is 35.2 Å². The minimum atomic E-state index is -0.485. The number of piperidine rings is 2. The summed E-state index contributed by atoms with van der Waals surface area (Å²) >= 11 is 3.33. The van der Waals surface area contributed by atoms with Crippen molar-refractivity contribution < 1.29 is 19.2 Å². The zero-order valence-corrected chi connectivity index (χ0v) is 21.4. The molecule has 0 radical (unpaired) electrons. The average Bonchev–Trinajstić information content (AvgIpc) is 2.88. The minimum Gasteiger partial charge on any atom is -0.387 e. The fraction of sp³-hybridized carbons (Fsp3) is 0.458. The molecule has 11 nitrogen and oxygen atoms in total. The third kappa shape index (κ3) is 4.87. The lowest BCUT2D eigenvalue weighted by molar-refractivity contribution is -0.384. The molecule has 12 heteroatoms. The Morgan fingerprint density at radius 3 is 2.58 bits per heavy atom. The third-order valence-electron chi connectivity index (χ3n) is 6.89. The largest absolute Gasteiger partial charge is 0.387 e. The molecule has 2 unspecified atom stereocenters. The van der Waals surface area contributed by atoms with Crippen LogP contribution in [-0.2, 0) is 4.74 Å². The number of likely N-dealkylation sites (tertiary alicyclic amines) is 1. The van der Waals surface area contributed by atoms with Crippen molar-refractivity contribution in [3.05, 3.63) is 56.3 Å². The predicted octanol–water partition coefficient (Wildman–Crippen LogP) is 3.12. The number of benzene rings is 1. The summed E-state index contributed by atoms with van der Waals surface area (Å²) in [7, 11) is 1.76. The summed E-state index contributed by atoms with van der Waals surface area (Å²) in [6.07, 6.45) is 5.60. The number of pyridine rings is 1. The lowest BCUT2D eigenvalue weighted by Gasteiger charge is -2.47. The molecule has 6 rings (SSSR count). The normalized spacial score (nSPS) is 23.0. The second-order valence-electron chi connectivity index (χ2n) is 9.38. The number of fused-ring (bicyclic) bond motifs is 2. The molecule has 0 saturated carbocycles. The molecule has 4 fully saturated rings. The highest BCUT2D eigenvalue weighted by molar-refractivity contribution is 9.10. The maximum Gasteiger partial charge on any atom is 0.294 e. The SMILES string of the molecule is CNc1cncc(C(=O)N2CCC[C@@H](Nc3c(C(=O)N4CC5CC(C4)O5)cc(Br)cc3[N+](=O)[O-])C2)c1. The zero-order valence-electron chi connectivity index (χ0n) is 19.8. The van der Waals surface area contributed by atoms with Crippen LogP contribution in [0.15, 0.2) is 35.1 Å². The Morgan fingerprint density at radius 2 is 1.89 bits per heavy atom. The number of carbonyl (C=O) groups is 2. The number of halogens is 1. The van der Waals surface area contributed by atoms with Crippen LogP contribution in [0.25, 0.3) is 0 Å². The van der Waals surface area contributed by atoms with E-state index in [1.165, 1.54) is 12.3 Å². The van der Waals surface area contributed by atoms with Crippen molar-refractivity contribution in [1.29, 1.82) is 0 Å². The molecule has 0 spiro atoms. The van der Waals surface area contributed by atoms with Crippen LogP contribution in [0.3, 0.4) is 0 Å². The summed E-state index contributed by atoms with van der Waals surface area (Å²) in [5, 5.41) is 18.2. The maximum absolute atomic E-state index is 13.5. The molecule has 1 aromatic carbocycles. The highest BCUT2D eigenvalue weighted by atomic mass is 79.9. The van der Waals surface area contributed by atoms with Gasteiger partial charge in [0.2, 0.25) is 0 Å². The Labute approximate surface area is 216 Å². The lowest BCUT2D eigenvalue weighted by Crippen LogP contribution is -2.58. The molecule has 36 heavy (non-hydrogen) atoms. The summed E-state index contributed by atoms with van der Waals surface area (Å²) in [4.78, 5) is 45.7. The van der Waals surface area contributed by atoms with Crippen molar-refractivity contribution >= 4 is 44.8 Å². The van der Waals surface area contributed by atoms with Crippen molar-refractivity contribution in [1.82, 2.24) is 14.8 Å². The number of morpholine rings is 1. The molecule has 2 bridgehead atoms. The van der Waals surface area contributed by atoms with E-state index in [-0.39, 0.29) is 47.0 Å². The van der Waals surface area contributed by atoms with Gasteiger partial charge in [0.15, 0.2) is 0 Å². The summed E-state index contributed by atoms with van der Waals surface area (Å²) in [5.74, 6) is -0.418. The van der Waals surface area contributed by atoms with Crippen LogP contribution < -0.4 is 10.6 Å². The number of nitrogens with zero attached hydrogens (tertiary/aromatic N) is 4. The summed E-state index contributed by atoms with van der Waals surface area (Å²) < 4.78 is 6.10. The standard InChI is InChI=1S/C24H27BrN6O5/c1-26-17-5-14(9-27-10-17)23(32)29-4-2-3-16(11-29)28-22-20(6-15(25)7-21(22)31(34)35)24(33)30-12-18-8-19(13-30)36-18/h5-7,9-10,16,18-19,26,28H,2-4,8,11-13H2,1H3/t16-,18?,19?/m1/s1. The van der Waals surface area contributed by atoms with Crippen LogP contribution in [0.2, 0.25) is 0 Å². The summed E-state index contributed by atoms with van der Waals surface area (Å²) in [5.41, 5.74) is 1.46. The van der Waals surface area contributed by atoms with Gasteiger partial charge in [-0.2, -0.15) is 0 Å². The molecule has 4 aliphatic heterocycles. The Balaban J connectivity index is 1.39. The number of nitro groups is 1. The monoisotopic (exact) mass is 558 g/mol. The third-order valence-corrected chi connectivity index (χ3v) is 7.34. The number of ether oxygens (including phenoxy) is 1. The number of hydrogen-bond donors (Lipinski definition) is 2. The smallest absolute Gasteiger partial charge is 0.294 e. The maximum atomic E-state index is 13.5. The van der Waals surface area contributed by atoms with Gasteiger partial charge in [0.05, 0.1) is 33.9 Å². The minimum absolute atomic E-state index is 0.0278. The van der Waals surface area contributed by atoms with E-state index in [0.29, 0.717) is 42.6 Å². The number of amides is 2. The molecular formula is C24H27BrN6O5. The van der Waals surface area contributed by atoms with Gasteiger partial charge in [0.25, 0.3) is 17.5 Å². The Hall–Kier alpha value is -3.25. The van der Waals surface area contributed by atoms with Crippen molar-refractivity contribution in [3.63, 3.8) is 0 Å². The van der Waals surface area contributed by atoms with Gasteiger partial charge in [-0.05, 0) is 25.0 Å². The van der Waals surface area contributed by atoms with Gasteiger partial charge in [-0.25, -0.2) is 0 Å². The van der Waals surface area contributed by atoms with Crippen LogP contribution in [0.1, 0.15) is 40.0 Å². The molecule has 5 heterocycles. The van der Waals surface area contributed by atoms with Crippen LogP contribution >= 0.6 is 15.9 Å². The van der Waals surface area contributed by atoms with Gasteiger partial charge < -0.3 is 25.2 Å². The second kappa shape index (κ2) is 10.0. The topological polar surface area (TPSA) is 130 Å². The second-order valence-corrected chi connectivity index (χ2v) is 10.3. The first-order valence-corrected chi connectivity index (χ1v) is 12.7. The van der Waals surface area contributed by atoms with Gasteiger partial charge in [-0.15, -0.1) is 0 Å². The Bertz CT molecular complexity index is 1190. The molecule has 2 N–H and O–H groups in total. The van der Waals surface area contributed by atoms with E-state index in [1.807, 2.05) is 0 Å². The number of rotatable bonds is 6. The number of nitrogens with one attached hydrogen (secondary N) is 2. The van der Waals surface area contributed by atoms with E-state index in [9.17, 15) is 19.7 Å². The van der Waals surface area contributed by atoms with Gasteiger partial charge in [0, 0.05) is 68.6 Å². The summed E-state index contributed by atoms with van der Waals surface area (Å²) in [6.45, 7) is 1.87. The van der Waals surface area contributed by atoms with Crippen molar-refractivity contribution in [2.24, 2.45) is 0 Å². The van der Waals surface area contributed by atoms with Crippen LogP contribution in [-0.4, -0.2) is 83.0 Å². The van der Waals surface area contributed by atoms with Crippen molar-refractivity contribution in [3.8, 4) is 0 Å². The number of carbonyl (C=O) groups excluding carboxylic acids is 2. The fourth-order valence-electron chi connectivity index (χ4n) is 5.11. The Morgan fingerprint density at radius 1 is 1.14 bits per heavy atom. The van der Waals surface area contributed by atoms with E-state index in [2.05, 4.69) is 31.5 Å². The highest BCUT2D eigenvalue weighted by Gasteiger charge is 2.41. The lowest BCUT2D eigenvalue weighted by atomic mass is 9.97. The number of aromatic nitrogens is 1. The van der Waals surface area contributed by atoms with Crippen LogP contribution in [0.5, 0.6) is 0 Å². The Kier molecular flexibility index (Phi) is 6.80. The van der Waals surface area contributed by atoms with Gasteiger partial charge in [-0.1, -0.05) is 15.9 Å². The molecule has 190 valence electrons. The fourth-order valence-corrected chi connectivity index (χ4v) is 5.55. The summed E-state index contributed by atoms with van der Waals surface area (Å²) in [6, 6.07) is 4.51. The molecule has 1 aromatic heterocycles. The van der Waals surface area contributed by atoms with Crippen LogP contribution in [0, 0.1) is 10.1 Å². The molecule has 2 aromatic rings. The van der Waals surface area contributed by atoms with E-state index < -0.39 is 4.92 Å². The highest BCUT2D eigenvalue weighted by Crippen LogP contribution is 2.36. The average molecular weight is 559 g/mol. The van der Waals surface area contributed by atoms with Gasteiger partial charge >= 0.3 is 0 Å². The van der Waals surface area contributed by atoms with E-state index in [4.69, 9.17) is 4.74 Å². The number of nitro benzene ring substituents is 1. The first-order valence-electron chi connectivity index (χ1n) is 11.9. The first kappa shape index (κ1) is 24.4. The molecule has 2 amide bonds. The van der Waals surface area contributed by atoms with Crippen molar-refractivity contribution in [2.75, 3.05) is 43.9 Å². The molecule has 3 atom stereocenters. The molecule has 4 aliphatic rings. The molecule has 0 aliphatic carbocycles. The van der Waals surface area contributed by atoms with Crippen molar-refractivity contribution in [2.45, 2.75) is 37.5 Å². The van der Waals surface area contributed by atoms with Gasteiger partial charge in [0.1, 0.15) is 5.69 Å². The molecular weight excluding hydrogens is 532 g/mol. The predicted molar refractivity (Wildman–Crippen MR) is 136 cm³/mol.